The lowest BCUT2D eigenvalue weighted by atomic mass is 10.3. The molecule has 0 spiro atoms. The van der Waals surface area contributed by atoms with Gasteiger partial charge in [-0.15, -0.1) is 0 Å². The summed E-state index contributed by atoms with van der Waals surface area (Å²) in [5, 5.41) is 7.60. The second kappa shape index (κ2) is 4.65. The third-order valence-corrected chi connectivity index (χ3v) is 2.69. The van der Waals surface area contributed by atoms with Crippen LogP contribution in [0.1, 0.15) is 11.3 Å². The van der Waals surface area contributed by atoms with E-state index in [0.717, 1.165) is 28.0 Å². The predicted octanol–water partition coefficient (Wildman–Crippen LogP) is 2.50. The number of nitrogens with one attached hydrogen (secondary N) is 1. The molecule has 2 heterocycles. The fraction of sp³-hybridized carbons (Fsp3) is 0.273. The largest absolute Gasteiger partial charge is 0.378 e. The number of hydrogen-bond donors (Lipinski definition) is 1. The lowest BCUT2D eigenvalue weighted by Gasteiger charge is -2.04. The highest BCUT2D eigenvalue weighted by molar-refractivity contribution is 9.10. The van der Waals surface area contributed by atoms with Crippen LogP contribution in [0.4, 0.5) is 5.69 Å². The monoisotopic (exact) mass is 280 g/mol. The van der Waals surface area contributed by atoms with Gasteiger partial charge in [0.1, 0.15) is 0 Å². The molecule has 0 aliphatic rings. The highest BCUT2D eigenvalue weighted by Crippen LogP contribution is 2.14. The fourth-order valence-electron chi connectivity index (χ4n) is 1.52. The van der Waals surface area contributed by atoms with E-state index >= 15 is 0 Å². The van der Waals surface area contributed by atoms with Gasteiger partial charge >= 0.3 is 0 Å². The summed E-state index contributed by atoms with van der Waals surface area (Å²) in [5.74, 6) is 0. The lowest BCUT2D eigenvalue weighted by Crippen LogP contribution is -2.00. The zero-order chi connectivity index (χ0) is 11.5. The molecular weight excluding hydrogens is 268 g/mol. The zero-order valence-electron chi connectivity index (χ0n) is 9.24. The molecule has 0 aromatic carbocycles. The molecule has 2 rings (SSSR count). The van der Waals surface area contributed by atoms with Gasteiger partial charge in [0, 0.05) is 36.7 Å². The van der Waals surface area contributed by atoms with Crippen LogP contribution in [0.25, 0.3) is 0 Å². The van der Waals surface area contributed by atoms with Crippen LogP contribution in [0, 0.1) is 6.92 Å². The Balaban J connectivity index is 2.05. The van der Waals surface area contributed by atoms with Gasteiger partial charge in [0.05, 0.1) is 11.4 Å². The summed E-state index contributed by atoms with van der Waals surface area (Å²) in [4.78, 5) is 4.12. The van der Waals surface area contributed by atoms with Crippen molar-refractivity contribution in [3.63, 3.8) is 0 Å². The number of aromatic nitrogens is 3. The molecule has 0 atom stereocenters. The van der Waals surface area contributed by atoms with E-state index in [2.05, 4.69) is 31.3 Å². The van der Waals surface area contributed by atoms with E-state index in [-0.39, 0.29) is 0 Å². The Kier molecular flexibility index (Phi) is 3.24. The number of nitrogens with zero attached hydrogens (tertiary/aromatic N) is 3. The third kappa shape index (κ3) is 2.61. The van der Waals surface area contributed by atoms with Gasteiger partial charge in [0.25, 0.3) is 0 Å². The van der Waals surface area contributed by atoms with Crippen LogP contribution < -0.4 is 5.32 Å². The molecular formula is C11H13BrN4. The van der Waals surface area contributed by atoms with Crippen LogP contribution in [0.5, 0.6) is 0 Å². The Morgan fingerprint density at radius 2 is 2.25 bits per heavy atom. The van der Waals surface area contributed by atoms with E-state index in [0.29, 0.717) is 0 Å². The van der Waals surface area contributed by atoms with Crippen LogP contribution in [0.2, 0.25) is 0 Å². The number of anilines is 1. The first-order valence-electron chi connectivity index (χ1n) is 4.98. The topological polar surface area (TPSA) is 42.7 Å². The Labute approximate surface area is 103 Å². The average molecular weight is 281 g/mol. The van der Waals surface area contributed by atoms with Crippen molar-refractivity contribution in [3.8, 4) is 0 Å². The quantitative estimate of drug-likeness (QED) is 0.940. The molecule has 16 heavy (non-hydrogen) atoms. The molecule has 4 nitrogen and oxygen atoms in total. The fourth-order valence-corrected chi connectivity index (χ4v) is 1.94. The molecule has 0 radical (unpaired) electrons. The van der Waals surface area contributed by atoms with Crippen molar-refractivity contribution in [2.45, 2.75) is 13.5 Å². The molecule has 1 N–H and O–H groups in total. The summed E-state index contributed by atoms with van der Waals surface area (Å²) in [6, 6.07) is 2.05. The van der Waals surface area contributed by atoms with E-state index in [1.165, 1.54) is 0 Å². The molecule has 0 aliphatic carbocycles. The van der Waals surface area contributed by atoms with Gasteiger partial charge < -0.3 is 5.32 Å². The summed E-state index contributed by atoms with van der Waals surface area (Å²) in [5.41, 5.74) is 3.20. The number of halogens is 1. The van der Waals surface area contributed by atoms with E-state index in [4.69, 9.17) is 0 Å². The second-order valence-electron chi connectivity index (χ2n) is 3.67. The Morgan fingerprint density at radius 3 is 2.88 bits per heavy atom. The minimum atomic E-state index is 0.749. The standard InChI is InChI=1S/C11H13BrN4/c1-8-11(7-16(2)15-8)14-5-9-3-10(12)6-13-4-9/h3-4,6-7,14H,5H2,1-2H3. The molecule has 5 heteroatoms. The molecule has 0 amide bonds. The smallest absolute Gasteiger partial charge is 0.0825 e. The maximum atomic E-state index is 4.27. The summed E-state index contributed by atoms with van der Waals surface area (Å²) in [6.07, 6.45) is 5.60. The van der Waals surface area contributed by atoms with E-state index in [1.807, 2.05) is 32.4 Å². The first kappa shape index (κ1) is 11.1. The minimum Gasteiger partial charge on any atom is -0.378 e. The van der Waals surface area contributed by atoms with Gasteiger partial charge in [-0.25, -0.2) is 0 Å². The minimum absolute atomic E-state index is 0.749. The molecule has 0 fully saturated rings. The number of rotatable bonds is 3. The van der Waals surface area contributed by atoms with E-state index < -0.39 is 0 Å². The van der Waals surface area contributed by atoms with Crippen LogP contribution >= 0.6 is 15.9 Å². The van der Waals surface area contributed by atoms with Gasteiger partial charge in [0.2, 0.25) is 0 Å². The molecule has 0 saturated carbocycles. The normalized spacial score (nSPS) is 10.4. The van der Waals surface area contributed by atoms with Crippen molar-refractivity contribution in [2.24, 2.45) is 7.05 Å². The van der Waals surface area contributed by atoms with Crippen molar-refractivity contribution in [3.05, 3.63) is 40.4 Å². The maximum Gasteiger partial charge on any atom is 0.0825 e. The summed E-state index contributed by atoms with van der Waals surface area (Å²) < 4.78 is 2.80. The number of pyridine rings is 1. The van der Waals surface area contributed by atoms with E-state index in [1.54, 1.807) is 10.9 Å². The molecule has 84 valence electrons. The molecule has 0 bridgehead atoms. The van der Waals surface area contributed by atoms with Crippen molar-refractivity contribution >= 4 is 21.6 Å². The van der Waals surface area contributed by atoms with Crippen LogP contribution in [0.3, 0.4) is 0 Å². The van der Waals surface area contributed by atoms with E-state index in [9.17, 15) is 0 Å². The van der Waals surface area contributed by atoms with Crippen molar-refractivity contribution in [2.75, 3.05) is 5.32 Å². The predicted molar refractivity (Wildman–Crippen MR) is 67.2 cm³/mol. The van der Waals surface area contributed by atoms with Gasteiger partial charge in [-0.2, -0.15) is 5.10 Å². The number of hydrogen-bond acceptors (Lipinski definition) is 3. The number of aryl methyl sites for hydroxylation is 2. The molecule has 0 aliphatic heterocycles. The molecule has 2 aromatic heterocycles. The first-order chi connectivity index (χ1) is 7.65. The highest BCUT2D eigenvalue weighted by atomic mass is 79.9. The third-order valence-electron chi connectivity index (χ3n) is 2.26. The first-order valence-corrected chi connectivity index (χ1v) is 5.78. The lowest BCUT2D eigenvalue weighted by molar-refractivity contribution is 0.756. The van der Waals surface area contributed by atoms with Crippen molar-refractivity contribution in [1.29, 1.82) is 0 Å². The summed E-state index contributed by atoms with van der Waals surface area (Å²) >= 11 is 3.40. The van der Waals surface area contributed by atoms with Crippen molar-refractivity contribution < 1.29 is 0 Å². The summed E-state index contributed by atoms with van der Waals surface area (Å²) in [7, 11) is 1.92. The Morgan fingerprint density at radius 1 is 1.44 bits per heavy atom. The van der Waals surface area contributed by atoms with Crippen LogP contribution in [-0.2, 0) is 13.6 Å². The van der Waals surface area contributed by atoms with Gasteiger partial charge in [0.15, 0.2) is 0 Å². The highest BCUT2D eigenvalue weighted by Gasteiger charge is 2.02. The Hall–Kier alpha value is -1.36. The summed E-state index contributed by atoms with van der Waals surface area (Å²) in [6.45, 7) is 2.74. The second-order valence-corrected chi connectivity index (χ2v) is 4.58. The Bertz CT molecular complexity index is 492. The van der Waals surface area contributed by atoms with Gasteiger partial charge in [-0.05, 0) is 34.5 Å². The maximum absolute atomic E-state index is 4.27. The van der Waals surface area contributed by atoms with Crippen LogP contribution in [0.15, 0.2) is 29.1 Å². The van der Waals surface area contributed by atoms with Crippen molar-refractivity contribution in [1.82, 2.24) is 14.8 Å². The zero-order valence-corrected chi connectivity index (χ0v) is 10.8. The molecule has 2 aromatic rings. The molecule has 0 saturated heterocycles. The molecule has 0 unspecified atom stereocenters. The SMILES string of the molecule is Cc1nn(C)cc1NCc1cncc(Br)c1. The average Bonchev–Trinajstić information content (AvgIpc) is 2.54. The van der Waals surface area contributed by atoms with Crippen LogP contribution in [-0.4, -0.2) is 14.8 Å². The van der Waals surface area contributed by atoms with Gasteiger partial charge in [-0.1, -0.05) is 0 Å². The van der Waals surface area contributed by atoms with Gasteiger partial charge in [-0.3, -0.25) is 9.67 Å².